The number of pyridine rings is 1. The summed E-state index contributed by atoms with van der Waals surface area (Å²) in [5, 5.41) is 3.51. The Bertz CT molecular complexity index is 427. The number of thioether (sulfide) groups is 1. The predicted molar refractivity (Wildman–Crippen MR) is 66.2 cm³/mol. The topological polar surface area (TPSA) is 19.4 Å². The van der Waals surface area contributed by atoms with Gasteiger partial charge in [-0.3, -0.25) is 9.88 Å². The average Bonchev–Trinajstić information content (AvgIpc) is 2.77. The lowest BCUT2D eigenvalue weighted by atomic mass is 10.2. The average molecular weight is 231 g/mol. The zero-order chi connectivity index (χ0) is 10.8. The minimum absolute atomic E-state index is 0.984. The first-order valence-corrected chi connectivity index (χ1v) is 6.21. The van der Waals surface area contributed by atoms with Crippen molar-refractivity contribution in [1.82, 2.24) is 14.8 Å². The lowest BCUT2D eigenvalue weighted by Crippen LogP contribution is -2.36. The van der Waals surface area contributed by atoms with E-state index in [1.807, 2.05) is 12.4 Å². The summed E-state index contributed by atoms with van der Waals surface area (Å²) in [6, 6.07) is 4.15. The number of rotatable bonds is 2. The fourth-order valence-corrected chi connectivity index (χ4v) is 2.71. The van der Waals surface area contributed by atoms with Crippen molar-refractivity contribution < 1.29 is 0 Å². The molecule has 0 aromatic carbocycles. The summed E-state index contributed by atoms with van der Waals surface area (Å²) in [5.74, 6) is 0. The first-order valence-electron chi connectivity index (χ1n) is 5.33. The summed E-state index contributed by atoms with van der Waals surface area (Å²) in [4.78, 5) is 8.74. The number of hydrogen-bond donors (Lipinski definition) is 0. The Kier molecular flexibility index (Phi) is 2.68. The third-order valence-corrected chi connectivity index (χ3v) is 3.65. The summed E-state index contributed by atoms with van der Waals surface area (Å²) in [6.07, 6.45) is 8.14. The Labute approximate surface area is 99.5 Å². The third-order valence-electron chi connectivity index (χ3n) is 2.74. The Balaban J connectivity index is 1.68. The van der Waals surface area contributed by atoms with Gasteiger partial charge in [0.2, 0.25) is 0 Å². The minimum Gasteiger partial charge on any atom is -0.329 e. The van der Waals surface area contributed by atoms with Gasteiger partial charge in [-0.15, -0.1) is 0 Å². The van der Waals surface area contributed by atoms with Crippen LogP contribution in [0, 0.1) is 0 Å². The Morgan fingerprint density at radius 2 is 2.19 bits per heavy atom. The molecule has 0 saturated carbocycles. The lowest BCUT2D eigenvalue weighted by Gasteiger charge is -2.31. The Morgan fingerprint density at radius 3 is 3.06 bits per heavy atom. The number of aromatic nitrogens is 1. The van der Waals surface area contributed by atoms with Crippen molar-refractivity contribution in [2.24, 2.45) is 0 Å². The maximum Gasteiger partial charge on any atom is 0.0774 e. The Morgan fingerprint density at radius 1 is 1.31 bits per heavy atom. The largest absolute Gasteiger partial charge is 0.329 e. The molecule has 0 aliphatic carbocycles. The van der Waals surface area contributed by atoms with Crippen LogP contribution >= 0.6 is 11.8 Å². The van der Waals surface area contributed by atoms with Crippen molar-refractivity contribution in [3.8, 4) is 0 Å². The molecule has 2 aliphatic rings. The highest BCUT2D eigenvalue weighted by atomic mass is 32.2. The number of nitrogens with zero attached hydrogens (tertiary/aromatic N) is 3. The van der Waals surface area contributed by atoms with Gasteiger partial charge < -0.3 is 4.90 Å². The molecule has 3 rings (SSSR count). The van der Waals surface area contributed by atoms with Crippen molar-refractivity contribution in [3.05, 3.63) is 52.8 Å². The van der Waals surface area contributed by atoms with Crippen molar-refractivity contribution in [2.75, 3.05) is 13.2 Å². The van der Waals surface area contributed by atoms with Crippen LogP contribution in [-0.2, 0) is 6.54 Å². The van der Waals surface area contributed by atoms with Gasteiger partial charge in [0.25, 0.3) is 0 Å². The van der Waals surface area contributed by atoms with Crippen LogP contribution in [0.3, 0.4) is 0 Å². The van der Waals surface area contributed by atoms with Crippen LogP contribution < -0.4 is 0 Å². The standard InChI is InChI=1S/C12H13N3S/c1-4-13-5-2-11(1)9-14-6-3-12-15(10-14)7-8-16-12/h1-5,7-8H,6,9-10H2. The molecule has 1 aromatic rings. The highest BCUT2D eigenvalue weighted by Crippen LogP contribution is 2.31. The summed E-state index contributed by atoms with van der Waals surface area (Å²) < 4.78 is 0. The maximum atomic E-state index is 4.04. The fourth-order valence-electron chi connectivity index (χ4n) is 1.94. The normalized spacial score (nSPS) is 19.8. The lowest BCUT2D eigenvalue weighted by molar-refractivity contribution is 0.196. The molecule has 0 unspecified atom stereocenters. The second-order valence-electron chi connectivity index (χ2n) is 3.92. The summed E-state index contributed by atoms with van der Waals surface area (Å²) in [7, 11) is 0. The summed E-state index contributed by atoms with van der Waals surface area (Å²) in [6.45, 7) is 3.00. The molecule has 0 N–H and O–H groups in total. The first-order chi connectivity index (χ1) is 7.92. The van der Waals surface area contributed by atoms with Crippen molar-refractivity contribution in [2.45, 2.75) is 6.54 Å². The van der Waals surface area contributed by atoms with E-state index in [-0.39, 0.29) is 0 Å². The van der Waals surface area contributed by atoms with Crippen LogP contribution in [-0.4, -0.2) is 28.0 Å². The Hall–Kier alpha value is -1.26. The van der Waals surface area contributed by atoms with Gasteiger partial charge in [-0.25, -0.2) is 0 Å². The zero-order valence-electron chi connectivity index (χ0n) is 8.91. The summed E-state index contributed by atoms with van der Waals surface area (Å²) in [5.41, 5.74) is 1.32. The van der Waals surface area contributed by atoms with Crippen LogP contribution in [0.2, 0.25) is 0 Å². The minimum atomic E-state index is 0.984. The second kappa shape index (κ2) is 4.31. The molecule has 0 spiro atoms. The van der Waals surface area contributed by atoms with Gasteiger partial charge in [-0.2, -0.15) is 0 Å². The SMILES string of the molecule is C1=CN2CN(Cc3ccncc3)CC=C2S1. The monoisotopic (exact) mass is 231 g/mol. The highest BCUT2D eigenvalue weighted by molar-refractivity contribution is 8.06. The van der Waals surface area contributed by atoms with E-state index in [4.69, 9.17) is 0 Å². The molecular formula is C12H13N3S. The van der Waals surface area contributed by atoms with Crippen molar-refractivity contribution in [3.63, 3.8) is 0 Å². The molecule has 1 aromatic heterocycles. The zero-order valence-corrected chi connectivity index (χ0v) is 9.73. The van der Waals surface area contributed by atoms with E-state index >= 15 is 0 Å². The number of fused-ring (bicyclic) bond motifs is 1. The number of hydrogen-bond acceptors (Lipinski definition) is 4. The quantitative estimate of drug-likeness (QED) is 0.777. The molecule has 0 bridgehead atoms. The molecular weight excluding hydrogens is 218 g/mol. The van der Waals surface area contributed by atoms with Gasteiger partial charge in [0.05, 0.1) is 11.7 Å². The van der Waals surface area contributed by atoms with Gasteiger partial charge in [0.15, 0.2) is 0 Å². The van der Waals surface area contributed by atoms with E-state index in [1.165, 1.54) is 10.6 Å². The van der Waals surface area contributed by atoms with Gasteiger partial charge in [-0.05, 0) is 29.2 Å². The van der Waals surface area contributed by atoms with Gasteiger partial charge in [-0.1, -0.05) is 11.8 Å². The molecule has 2 aliphatic heterocycles. The molecule has 3 nitrogen and oxygen atoms in total. The van der Waals surface area contributed by atoms with Crippen molar-refractivity contribution in [1.29, 1.82) is 0 Å². The van der Waals surface area contributed by atoms with Crippen LogP contribution in [0.4, 0.5) is 0 Å². The smallest absolute Gasteiger partial charge is 0.0774 e. The first kappa shape index (κ1) is 9.93. The molecule has 0 radical (unpaired) electrons. The van der Waals surface area contributed by atoms with E-state index in [2.05, 4.69) is 44.6 Å². The highest BCUT2D eigenvalue weighted by Gasteiger charge is 2.20. The molecule has 82 valence electrons. The van der Waals surface area contributed by atoms with E-state index in [0.29, 0.717) is 0 Å². The molecule has 0 amide bonds. The van der Waals surface area contributed by atoms with E-state index in [1.54, 1.807) is 11.8 Å². The van der Waals surface area contributed by atoms with Gasteiger partial charge in [0, 0.05) is 31.7 Å². The van der Waals surface area contributed by atoms with E-state index in [0.717, 1.165) is 19.8 Å². The molecule has 16 heavy (non-hydrogen) atoms. The van der Waals surface area contributed by atoms with Crippen LogP contribution in [0.1, 0.15) is 5.56 Å². The molecule has 0 saturated heterocycles. The third kappa shape index (κ3) is 1.99. The van der Waals surface area contributed by atoms with Crippen LogP contribution in [0.15, 0.2) is 47.2 Å². The van der Waals surface area contributed by atoms with Crippen LogP contribution in [0.25, 0.3) is 0 Å². The van der Waals surface area contributed by atoms with Gasteiger partial charge >= 0.3 is 0 Å². The van der Waals surface area contributed by atoms with Gasteiger partial charge in [0.1, 0.15) is 0 Å². The molecule has 4 heteroatoms. The van der Waals surface area contributed by atoms with E-state index in [9.17, 15) is 0 Å². The maximum absolute atomic E-state index is 4.04. The molecule has 0 atom stereocenters. The fraction of sp³-hybridized carbons (Fsp3) is 0.250. The van der Waals surface area contributed by atoms with E-state index < -0.39 is 0 Å². The summed E-state index contributed by atoms with van der Waals surface area (Å²) >= 11 is 1.80. The predicted octanol–water partition coefficient (Wildman–Crippen LogP) is 2.22. The van der Waals surface area contributed by atoms with Crippen LogP contribution in [0.5, 0.6) is 0 Å². The van der Waals surface area contributed by atoms with Crippen molar-refractivity contribution >= 4 is 11.8 Å². The second-order valence-corrected chi connectivity index (χ2v) is 4.85. The molecule has 0 fully saturated rings. The molecule has 3 heterocycles.